The average Bonchev–Trinajstić information content (AvgIpc) is 2.63. The predicted molar refractivity (Wildman–Crippen MR) is 53.4 cm³/mol. The standard InChI is InChI=1S/C10H17NO4/c1-15-5-4-9(12)11-8-3-2-7(6-8)10(13)14/h7-8H,2-6H2,1H3,(H,11,12)(H,13,14)/t7-,8+/m1/s1. The van der Waals surface area contributed by atoms with Gasteiger partial charge in [0.1, 0.15) is 0 Å². The highest BCUT2D eigenvalue weighted by molar-refractivity contribution is 5.76. The third-order valence-corrected chi connectivity index (χ3v) is 2.68. The summed E-state index contributed by atoms with van der Waals surface area (Å²) in [7, 11) is 1.54. The Labute approximate surface area is 88.8 Å². The second kappa shape index (κ2) is 5.70. The molecule has 0 aromatic heterocycles. The number of amides is 1. The van der Waals surface area contributed by atoms with Crippen molar-refractivity contribution in [3.05, 3.63) is 0 Å². The molecule has 0 bridgehead atoms. The minimum Gasteiger partial charge on any atom is -0.481 e. The molecule has 0 aromatic carbocycles. The summed E-state index contributed by atoms with van der Waals surface area (Å²) in [5.41, 5.74) is 0. The van der Waals surface area contributed by atoms with E-state index in [9.17, 15) is 9.59 Å². The predicted octanol–water partition coefficient (Wildman–Crippen LogP) is 0.392. The fourth-order valence-electron chi connectivity index (χ4n) is 1.83. The second-order valence-corrected chi connectivity index (χ2v) is 3.86. The van der Waals surface area contributed by atoms with Crippen LogP contribution in [0.15, 0.2) is 0 Å². The molecule has 0 aromatic rings. The van der Waals surface area contributed by atoms with Crippen molar-refractivity contribution in [3.63, 3.8) is 0 Å². The molecule has 2 atom stereocenters. The molecule has 5 heteroatoms. The number of carboxylic acids is 1. The Hall–Kier alpha value is -1.10. The number of hydrogen-bond acceptors (Lipinski definition) is 3. The Bertz CT molecular complexity index is 242. The van der Waals surface area contributed by atoms with Crippen LogP contribution in [0, 0.1) is 5.92 Å². The molecule has 0 spiro atoms. The SMILES string of the molecule is COCCC(=O)N[C@H]1CC[C@@H](C(=O)O)C1. The summed E-state index contributed by atoms with van der Waals surface area (Å²) >= 11 is 0. The molecule has 0 saturated heterocycles. The van der Waals surface area contributed by atoms with Crippen molar-refractivity contribution in [2.24, 2.45) is 5.92 Å². The van der Waals surface area contributed by atoms with Crippen LogP contribution in [-0.2, 0) is 14.3 Å². The smallest absolute Gasteiger partial charge is 0.306 e. The topological polar surface area (TPSA) is 75.6 Å². The Morgan fingerprint density at radius 3 is 2.73 bits per heavy atom. The molecule has 2 N–H and O–H groups in total. The monoisotopic (exact) mass is 215 g/mol. The van der Waals surface area contributed by atoms with E-state index >= 15 is 0 Å². The molecule has 1 rings (SSSR count). The van der Waals surface area contributed by atoms with E-state index in [2.05, 4.69) is 5.32 Å². The van der Waals surface area contributed by atoms with Gasteiger partial charge in [-0.3, -0.25) is 9.59 Å². The van der Waals surface area contributed by atoms with Crippen LogP contribution in [0.2, 0.25) is 0 Å². The number of carbonyl (C=O) groups is 2. The normalized spacial score (nSPS) is 25.1. The summed E-state index contributed by atoms with van der Waals surface area (Å²) in [4.78, 5) is 22.0. The van der Waals surface area contributed by atoms with Crippen molar-refractivity contribution in [3.8, 4) is 0 Å². The number of ether oxygens (including phenoxy) is 1. The van der Waals surface area contributed by atoms with Gasteiger partial charge in [0.05, 0.1) is 12.5 Å². The first-order chi connectivity index (χ1) is 7.13. The van der Waals surface area contributed by atoms with E-state index in [0.29, 0.717) is 25.9 Å². The molecule has 86 valence electrons. The molecule has 0 aliphatic heterocycles. The highest BCUT2D eigenvalue weighted by Crippen LogP contribution is 2.25. The number of aliphatic carboxylic acids is 1. The summed E-state index contributed by atoms with van der Waals surface area (Å²) in [6.45, 7) is 0.404. The lowest BCUT2D eigenvalue weighted by atomic mass is 10.1. The van der Waals surface area contributed by atoms with E-state index in [0.717, 1.165) is 6.42 Å². The number of carboxylic acid groups (broad SMARTS) is 1. The molecule has 1 aliphatic carbocycles. The lowest BCUT2D eigenvalue weighted by Crippen LogP contribution is -2.33. The summed E-state index contributed by atoms with van der Waals surface area (Å²) in [6, 6.07) is 0.0236. The van der Waals surface area contributed by atoms with E-state index in [1.54, 1.807) is 7.11 Å². The minimum atomic E-state index is -0.761. The third-order valence-electron chi connectivity index (χ3n) is 2.68. The van der Waals surface area contributed by atoms with Gasteiger partial charge in [-0.25, -0.2) is 0 Å². The fraction of sp³-hybridized carbons (Fsp3) is 0.800. The van der Waals surface area contributed by atoms with Gasteiger partial charge in [-0.15, -0.1) is 0 Å². The maximum absolute atomic E-state index is 11.3. The molecular formula is C10H17NO4. The quantitative estimate of drug-likeness (QED) is 0.695. The van der Waals surface area contributed by atoms with Crippen LogP contribution in [0.4, 0.5) is 0 Å². The van der Waals surface area contributed by atoms with Gasteiger partial charge in [-0.1, -0.05) is 0 Å². The van der Waals surface area contributed by atoms with Crippen LogP contribution < -0.4 is 5.32 Å². The van der Waals surface area contributed by atoms with Crippen molar-refractivity contribution >= 4 is 11.9 Å². The number of rotatable bonds is 5. The molecule has 0 unspecified atom stereocenters. The zero-order valence-corrected chi connectivity index (χ0v) is 8.86. The lowest BCUT2D eigenvalue weighted by Gasteiger charge is -2.11. The van der Waals surface area contributed by atoms with Crippen LogP contribution >= 0.6 is 0 Å². The van der Waals surface area contributed by atoms with Crippen LogP contribution in [0.3, 0.4) is 0 Å². The second-order valence-electron chi connectivity index (χ2n) is 3.86. The van der Waals surface area contributed by atoms with Crippen LogP contribution in [-0.4, -0.2) is 36.7 Å². The first-order valence-electron chi connectivity index (χ1n) is 5.14. The van der Waals surface area contributed by atoms with Gasteiger partial charge in [0.2, 0.25) is 5.91 Å². The molecule has 0 radical (unpaired) electrons. The largest absolute Gasteiger partial charge is 0.481 e. The van der Waals surface area contributed by atoms with Crippen molar-refractivity contribution in [1.82, 2.24) is 5.32 Å². The zero-order valence-electron chi connectivity index (χ0n) is 8.86. The highest BCUT2D eigenvalue weighted by atomic mass is 16.5. The zero-order chi connectivity index (χ0) is 11.3. The van der Waals surface area contributed by atoms with Gasteiger partial charge in [0, 0.05) is 19.6 Å². The molecule has 5 nitrogen and oxygen atoms in total. The highest BCUT2D eigenvalue weighted by Gasteiger charge is 2.30. The fourth-order valence-corrected chi connectivity index (χ4v) is 1.83. The van der Waals surface area contributed by atoms with Gasteiger partial charge in [0.15, 0.2) is 0 Å². The van der Waals surface area contributed by atoms with Crippen molar-refractivity contribution < 1.29 is 19.4 Å². The molecule has 1 aliphatic rings. The Morgan fingerprint density at radius 2 is 2.20 bits per heavy atom. The van der Waals surface area contributed by atoms with Gasteiger partial charge >= 0.3 is 5.97 Å². The van der Waals surface area contributed by atoms with Gasteiger partial charge in [-0.05, 0) is 19.3 Å². The number of nitrogens with one attached hydrogen (secondary N) is 1. The van der Waals surface area contributed by atoms with E-state index in [1.807, 2.05) is 0 Å². The number of carbonyl (C=O) groups excluding carboxylic acids is 1. The summed E-state index contributed by atoms with van der Waals surface area (Å²) < 4.78 is 4.78. The maximum atomic E-state index is 11.3. The van der Waals surface area contributed by atoms with Crippen molar-refractivity contribution in [1.29, 1.82) is 0 Å². The number of methoxy groups -OCH3 is 1. The Morgan fingerprint density at radius 1 is 1.47 bits per heavy atom. The molecular weight excluding hydrogens is 198 g/mol. The van der Waals surface area contributed by atoms with Gasteiger partial charge < -0.3 is 15.2 Å². The maximum Gasteiger partial charge on any atom is 0.306 e. The summed E-state index contributed by atoms with van der Waals surface area (Å²) in [5, 5.41) is 11.6. The van der Waals surface area contributed by atoms with Crippen LogP contribution in [0.5, 0.6) is 0 Å². The Kier molecular flexibility index (Phi) is 4.55. The molecule has 1 saturated carbocycles. The Balaban J connectivity index is 2.23. The van der Waals surface area contributed by atoms with Crippen LogP contribution in [0.1, 0.15) is 25.7 Å². The van der Waals surface area contributed by atoms with E-state index < -0.39 is 5.97 Å². The van der Waals surface area contributed by atoms with E-state index in [4.69, 9.17) is 9.84 Å². The first-order valence-corrected chi connectivity index (χ1v) is 5.14. The molecule has 15 heavy (non-hydrogen) atoms. The van der Waals surface area contributed by atoms with Crippen LogP contribution in [0.25, 0.3) is 0 Å². The third kappa shape index (κ3) is 3.87. The van der Waals surface area contributed by atoms with Crippen molar-refractivity contribution in [2.75, 3.05) is 13.7 Å². The van der Waals surface area contributed by atoms with E-state index in [1.165, 1.54) is 0 Å². The summed E-state index contributed by atoms with van der Waals surface area (Å²) in [5.74, 6) is -1.12. The average molecular weight is 215 g/mol. The van der Waals surface area contributed by atoms with Gasteiger partial charge in [0.25, 0.3) is 0 Å². The minimum absolute atomic E-state index is 0.0236. The molecule has 1 fully saturated rings. The number of hydrogen-bond donors (Lipinski definition) is 2. The summed E-state index contributed by atoms with van der Waals surface area (Å²) in [6.07, 6.45) is 2.30. The van der Waals surface area contributed by atoms with Crippen molar-refractivity contribution in [2.45, 2.75) is 31.7 Å². The lowest BCUT2D eigenvalue weighted by molar-refractivity contribution is -0.141. The van der Waals surface area contributed by atoms with E-state index in [-0.39, 0.29) is 17.9 Å². The van der Waals surface area contributed by atoms with Gasteiger partial charge in [-0.2, -0.15) is 0 Å². The molecule has 0 heterocycles. The molecule has 1 amide bonds. The first kappa shape index (κ1) is 12.0.